The molecule has 6 heteroatoms. The van der Waals surface area contributed by atoms with Gasteiger partial charge in [0.25, 0.3) is 0 Å². The van der Waals surface area contributed by atoms with Crippen LogP contribution in [0.1, 0.15) is 32.3 Å². The topological polar surface area (TPSA) is 73.6 Å². The van der Waals surface area contributed by atoms with Gasteiger partial charge in [0, 0.05) is 13.1 Å². The molecule has 1 aliphatic heterocycles. The van der Waals surface area contributed by atoms with Crippen molar-refractivity contribution >= 4 is 17.5 Å². The number of carbonyl (C=O) groups excluding carboxylic acids is 1. The molecule has 0 aliphatic carbocycles. The van der Waals surface area contributed by atoms with Crippen LogP contribution >= 0.6 is 11.6 Å². The lowest BCUT2D eigenvalue weighted by atomic mass is 9.81. The molecule has 1 amide bonds. The van der Waals surface area contributed by atoms with Crippen molar-refractivity contribution in [1.82, 2.24) is 5.32 Å². The van der Waals surface area contributed by atoms with E-state index in [1.165, 1.54) is 0 Å². The van der Waals surface area contributed by atoms with Gasteiger partial charge in [0.1, 0.15) is 13.2 Å². The lowest BCUT2D eigenvalue weighted by Crippen LogP contribution is -2.45. The molecule has 0 aromatic heterocycles. The summed E-state index contributed by atoms with van der Waals surface area (Å²) in [5.41, 5.74) is 6.34. The minimum Gasteiger partial charge on any atom is -0.486 e. The lowest BCUT2D eigenvalue weighted by molar-refractivity contribution is -0.131. The molecule has 1 aromatic rings. The summed E-state index contributed by atoms with van der Waals surface area (Å²) in [7, 11) is 0. The molecule has 0 atom stereocenters. The van der Waals surface area contributed by atoms with Gasteiger partial charge in [-0.3, -0.25) is 4.79 Å². The van der Waals surface area contributed by atoms with Crippen LogP contribution in [-0.4, -0.2) is 32.2 Å². The summed E-state index contributed by atoms with van der Waals surface area (Å²) in [5, 5.41) is 3.53. The Bertz CT molecular complexity index is 551. The molecule has 23 heavy (non-hydrogen) atoms. The molecule has 128 valence electrons. The third-order valence-corrected chi connectivity index (χ3v) is 4.86. The van der Waals surface area contributed by atoms with Crippen LogP contribution in [0.4, 0.5) is 0 Å². The maximum atomic E-state index is 12.4. The Morgan fingerprint density at radius 2 is 2.00 bits per heavy atom. The Balaban J connectivity index is 1.96. The highest BCUT2D eigenvalue weighted by molar-refractivity contribution is 6.32. The third kappa shape index (κ3) is 3.90. The van der Waals surface area contributed by atoms with Gasteiger partial charge in [0.15, 0.2) is 11.5 Å². The summed E-state index contributed by atoms with van der Waals surface area (Å²) in [6.45, 7) is 5.93. The number of hydrogen-bond acceptors (Lipinski definition) is 4. The maximum absolute atomic E-state index is 12.4. The average molecular weight is 341 g/mol. The Hall–Kier alpha value is -1.46. The average Bonchev–Trinajstić information content (AvgIpc) is 2.57. The second-order valence-electron chi connectivity index (χ2n) is 5.80. The van der Waals surface area contributed by atoms with E-state index < -0.39 is 5.41 Å². The van der Waals surface area contributed by atoms with Gasteiger partial charge in [-0.25, -0.2) is 0 Å². The van der Waals surface area contributed by atoms with E-state index in [0.29, 0.717) is 49.2 Å². The Morgan fingerprint density at radius 3 is 2.65 bits per heavy atom. The molecule has 5 nitrogen and oxygen atoms in total. The number of ether oxygens (including phenoxy) is 2. The Labute approximate surface area is 142 Å². The van der Waals surface area contributed by atoms with Crippen molar-refractivity contribution in [3.8, 4) is 11.5 Å². The van der Waals surface area contributed by atoms with E-state index in [9.17, 15) is 4.79 Å². The number of carbonyl (C=O) groups is 1. The predicted molar refractivity (Wildman–Crippen MR) is 91.2 cm³/mol. The number of amides is 1. The van der Waals surface area contributed by atoms with Crippen molar-refractivity contribution in [2.24, 2.45) is 11.1 Å². The van der Waals surface area contributed by atoms with E-state index >= 15 is 0 Å². The number of fused-ring (bicyclic) bond motifs is 1. The first-order chi connectivity index (χ1) is 11.1. The van der Waals surface area contributed by atoms with Crippen molar-refractivity contribution in [3.05, 3.63) is 22.7 Å². The zero-order chi connectivity index (χ0) is 16.9. The second-order valence-corrected chi connectivity index (χ2v) is 6.21. The Kier molecular flexibility index (Phi) is 6.13. The molecule has 1 heterocycles. The van der Waals surface area contributed by atoms with Crippen LogP contribution < -0.4 is 20.5 Å². The van der Waals surface area contributed by atoms with Gasteiger partial charge >= 0.3 is 0 Å². The fourth-order valence-corrected chi connectivity index (χ4v) is 3.06. The molecule has 3 N–H and O–H groups in total. The normalized spacial score (nSPS) is 13.7. The molecule has 0 saturated carbocycles. The number of benzene rings is 1. The summed E-state index contributed by atoms with van der Waals surface area (Å²) >= 11 is 6.22. The smallest absolute Gasteiger partial charge is 0.227 e. The van der Waals surface area contributed by atoms with Crippen LogP contribution in [0, 0.1) is 5.41 Å². The fourth-order valence-electron chi connectivity index (χ4n) is 2.77. The van der Waals surface area contributed by atoms with Gasteiger partial charge in [0.2, 0.25) is 5.91 Å². The van der Waals surface area contributed by atoms with E-state index in [-0.39, 0.29) is 5.91 Å². The molecule has 0 spiro atoms. The monoisotopic (exact) mass is 340 g/mol. The molecule has 1 aliphatic rings. The maximum Gasteiger partial charge on any atom is 0.227 e. The van der Waals surface area contributed by atoms with Crippen LogP contribution in [0.25, 0.3) is 0 Å². The van der Waals surface area contributed by atoms with E-state index in [1.54, 1.807) is 0 Å². The number of hydrogen-bond donors (Lipinski definition) is 2. The molecule has 0 radical (unpaired) electrons. The fraction of sp³-hybridized carbons (Fsp3) is 0.588. The van der Waals surface area contributed by atoms with Gasteiger partial charge in [-0.2, -0.15) is 0 Å². The first-order valence-corrected chi connectivity index (χ1v) is 8.50. The minimum atomic E-state index is -0.468. The van der Waals surface area contributed by atoms with Crippen molar-refractivity contribution < 1.29 is 14.3 Å². The second kappa shape index (κ2) is 7.88. The molecule has 1 aromatic carbocycles. The largest absolute Gasteiger partial charge is 0.486 e. The van der Waals surface area contributed by atoms with Gasteiger partial charge in [-0.05, 0) is 37.0 Å². The highest BCUT2D eigenvalue weighted by atomic mass is 35.5. The first-order valence-electron chi connectivity index (χ1n) is 8.12. The summed E-state index contributed by atoms with van der Waals surface area (Å²) in [6, 6.07) is 3.78. The summed E-state index contributed by atoms with van der Waals surface area (Å²) in [4.78, 5) is 12.4. The standard InChI is InChI=1S/C17H25ClN2O3/c1-3-17(4-2,11-19)16(21)20-6-5-12-9-13(18)15-14(10-12)22-7-8-23-15/h9-10H,3-8,11,19H2,1-2H3,(H,20,21). The van der Waals surface area contributed by atoms with Crippen LogP contribution in [0.3, 0.4) is 0 Å². The molecular weight excluding hydrogens is 316 g/mol. The van der Waals surface area contributed by atoms with E-state index in [0.717, 1.165) is 18.4 Å². The molecule has 0 unspecified atom stereocenters. The van der Waals surface area contributed by atoms with Gasteiger partial charge < -0.3 is 20.5 Å². The van der Waals surface area contributed by atoms with Crippen LogP contribution in [0.15, 0.2) is 12.1 Å². The third-order valence-electron chi connectivity index (χ3n) is 4.58. The molecule has 0 saturated heterocycles. The van der Waals surface area contributed by atoms with E-state index in [2.05, 4.69) is 5.32 Å². The highest BCUT2D eigenvalue weighted by Gasteiger charge is 2.32. The van der Waals surface area contributed by atoms with Gasteiger partial charge in [0.05, 0.1) is 10.4 Å². The van der Waals surface area contributed by atoms with Crippen molar-refractivity contribution in [2.45, 2.75) is 33.1 Å². The van der Waals surface area contributed by atoms with Crippen LogP contribution in [0.2, 0.25) is 5.02 Å². The molecule has 0 fully saturated rings. The minimum absolute atomic E-state index is 0.0219. The number of nitrogens with one attached hydrogen (secondary N) is 1. The zero-order valence-corrected chi connectivity index (χ0v) is 14.5. The van der Waals surface area contributed by atoms with Gasteiger partial charge in [-0.1, -0.05) is 25.4 Å². The summed E-state index contributed by atoms with van der Waals surface area (Å²) < 4.78 is 11.1. The number of nitrogens with two attached hydrogens (primary N) is 1. The molecule has 2 rings (SSSR count). The lowest BCUT2D eigenvalue weighted by Gasteiger charge is -2.28. The van der Waals surface area contributed by atoms with Gasteiger partial charge in [-0.15, -0.1) is 0 Å². The summed E-state index contributed by atoms with van der Waals surface area (Å²) in [5.74, 6) is 1.29. The van der Waals surface area contributed by atoms with E-state index in [4.69, 9.17) is 26.8 Å². The van der Waals surface area contributed by atoms with Crippen LogP contribution in [-0.2, 0) is 11.2 Å². The first kappa shape index (κ1) is 17.9. The zero-order valence-electron chi connectivity index (χ0n) is 13.8. The van der Waals surface area contributed by atoms with Crippen molar-refractivity contribution in [3.63, 3.8) is 0 Å². The van der Waals surface area contributed by atoms with Crippen LogP contribution in [0.5, 0.6) is 11.5 Å². The number of halogens is 1. The highest BCUT2D eigenvalue weighted by Crippen LogP contribution is 2.38. The molecule has 0 bridgehead atoms. The predicted octanol–water partition coefficient (Wildman–Crippen LogP) is 2.54. The Morgan fingerprint density at radius 1 is 1.30 bits per heavy atom. The SMILES string of the molecule is CCC(CC)(CN)C(=O)NCCc1cc(Cl)c2c(c1)OCCO2. The quantitative estimate of drug-likeness (QED) is 0.800. The molecular formula is C17H25ClN2O3. The van der Waals surface area contributed by atoms with E-state index in [1.807, 2.05) is 26.0 Å². The van der Waals surface area contributed by atoms with Crippen molar-refractivity contribution in [2.75, 3.05) is 26.3 Å². The van der Waals surface area contributed by atoms with Crippen molar-refractivity contribution in [1.29, 1.82) is 0 Å². The number of rotatable bonds is 7. The summed E-state index contributed by atoms with van der Waals surface area (Å²) in [6.07, 6.45) is 2.15.